The third-order valence-corrected chi connectivity index (χ3v) is 2.76. The van der Waals surface area contributed by atoms with Crippen LogP contribution < -0.4 is 11.1 Å². The number of hydrogen-bond donors (Lipinski definition) is 3. The van der Waals surface area contributed by atoms with Gasteiger partial charge in [-0.05, 0) is 31.9 Å². The highest BCUT2D eigenvalue weighted by Gasteiger charge is 2.25. The quantitative estimate of drug-likeness (QED) is 0.419. The van der Waals surface area contributed by atoms with E-state index in [2.05, 4.69) is 11.1 Å². The lowest BCUT2D eigenvalue weighted by molar-refractivity contribution is -0.143. The largest absolute Gasteiger partial charge is 0.467 e. The number of nitrogens with two attached hydrogens (primary N) is 1. The molecule has 0 heterocycles. The number of alkyl carbamates (subject to hydrolysis) is 1. The molecule has 1 aromatic carbocycles. The van der Waals surface area contributed by atoms with Gasteiger partial charge in [0.05, 0.1) is 7.11 Å². The van der Waals surface area contributed by atoms with Gasteiger partial charge in [-0.1, -0.05) is 24.3 Å². The third kappa shape index (κ3) is 9.75. The summed E-state index contributed by atoms with van der Waals surface area (Å²) >= 11 is 0. The van der Waals surface area contributed by atoms with Gasteiger partial charge in [0.15, 0.2) is 0 Å². The predicted octanol–water partition coefficient (Wildman–Crippen LogP) is 1.39. The first kappa shape index (κ1) is 22.1. The second-order valence-electron chi connectivity index (χ2n) is 5.95. The van der Waals surface area contributed by atoms with E-state index in [1.807, 2.05) is 0 Å². The number of benzene rings is 1. The molecule has 0 aliphatic carbocycles. The zero-order chi connectivity index (χ0) is 19.5. The summed E-state index contributed by atoms with van der Waals surface area (Å²) in [4.78, 5) is 32.2. The molecule has 0 fully saturated rings. The Bertz CT molecular complexity index is 579. The molecule has 4 N–H and O–H groups in total. The molecule has 0 aliphatic heterocycles. The molecule has 8 heteroatoms. The minimum Gasteiger partial charge on any atom is -0.467 e. The fourth-order valence-electron chi connectivity index (χ4n) is 1.77. The lowest BCUT2D eigenvalue weighted by Crippen LogP contribution is -2.45. The van der Waals surface area contributed by atoms with Crippen LogP contribution in [0.15, 0.2) is 24.3 Å². The second kappa shape index (κ2) is 10.8. The normalized spacial score (nSPS) is 11.2. The molecule has 25 heavy (non-hydrogen) atoms. The van der Waals surface area contributed by atoms with Gasteiger partial charge in [-0.3, -0.25) is 4.79 Å². The van der Waals surface area contributed by atoms with Gasteiger partial charge in [0, 0.05) is 12.6 Å². The van der Waals surface area contributed by atoms with E-state index in [1.165, 1.54) is 13.3 Å². The van der Waals surface area contributed by atoms with Crippen molar-refractivity contribution in [2.45, 2.75) is 38.8 Å². The molecule has 1 aromatic rings. The van der Waals surface area contributed by atoms with Crippen LogP contribution >= 0.6 is 0 Å². The van der Waals surface area contributed by atoms with Crippen LogP contribution in [-0.2, 0) is 25.5 Å². The molecule has 0 saturated carbocycles. The van der Waals surface area contributed by atoms with Crippen LogP contribution in [0.5, 0.6) is 0 Å². The highest BCUT2D eigenvalue weighted by Crippen LogP contribution is 2.10. The van der Waals surface area contributed by atoms with E-state index in [9.17, 15) is 9.59 Å². The van der Waals surface area contributed by atoms with Crippen LogP contribution in [0.25, 0.3) is 0 Å². The summed E-state index contributed by atoms with van der Waals surface area (Å²) in [5, 5.41) is 9.68. The Morgan fingerprint density at radius 1 is 1.28 bits per heavy atom. The minimum absolute atomic E-state index is 0.250. The molecule has 0 aromatic heterocycles. The van der Waals surface area contributed by atoms with Crippen molar-refractivity contribution in [1.82, 2.24) is 5.32 Å². The number of primary amides is 1. The number of hydrogen-bond acceptors (Lipinski definition) is 6. The standard InChI is InChI=1S/C16H22N2O4.CH3NO/c1-16(2,3)22-15(20)18-13(14(19)21-4)9-11-5-7-12(10-17)8-6-11;2-1-3/h5-8,10,13,17H,9H2,1-4H3,(H,18,20);1H,(H2,2,3). The van der Waals surface area contributed by atoms with Gasteiger partial charge in [0.2, 0.25) is 6.41 Å². The highest BCUT2D eigenvalue weighted by molar-refractivity contribution is 5.82. The zero-order valence-electron chi connectivity index (χ0n) is 14.9. The van der Waals surface area contributed by atoms with Crippen LogP contribution in [0, 0.1) is 5.41 Å². The maximum atomic E-state index is 11.8. The van der Waals surface area contributed by atoms with Crippen molar-refractivity contribution in [3.8, 4) is 0 Å². The minimum atomic E-state index is -0.828. The van der Waals surface area contributed by atoms with E-state index in [0.717, 1.165) is 11.1 Å². The average Bonchev–Trinajstić information content (AvgIpc) is 2.53. The van der Waals surface area contributed by atoms with Gasteiger partial charge in [-0.15, -0.1) is 0 Å². The van der Waals surface area contributed by atoms with E-state index in [0.29, 0.717) is 0 Å². The maximum absolute atomic E-state index is 11.8. The van der Waals surface area contributed by atoms with Crippen molar-refractivity contribution in [1.29, 1.82) is 5.41 Å². The van der Waals surface area contributed by atoms with Gasteiger partial charge in [-0.2, -0.15) is 0 Å². The van der Waals surface area contributed by atoms with E-state index < -0.39 is 23.7 Å². The number of carbonyl (C=O) groups excluding carboxylic acids is 3. The molecule has 0 spiro atoms. The molecular formula is C17H25N3O5. The molecule has 0 aliphatic rings. The number of amides is 2. The Morgan fingerprint density at radius 2 is 1.80 bits per heavy atom. The molecule has 2 amide bonds. The van der Waals surface area contributed by atoms with E-state index in [-0.39, 0.29) is 12.8 Å². The molecule has 1 unspecified atom stereocenters. The lowest BCUT2D eigenvalue weighted by Gasteiger charge is -2.22. The average molecular weight is 351 g/mol. The smallest absolute Gasteiger partial charge is 0.408 e. The summed E-state index contributed by atoms with van der Waals surface area (Å²) in [6, 6.07) is 6.31. The Labute approximate surface area is 147 Å². The van der Waals surface area contributed by atoms with Gasteiger partial charge in [0.25, 0.3) is 0 Å². The van der Waals surface area contributed by atoms with Crippen molar-refractivity contribution in [2.24, 2.45) is 5.73 Å². The Kier molecular flexibility index (Phi) is 9.54. The van der Waals surface area contributed by atoms with Crippen molar-refractivity contribution in [3.63, 3.8) is 0 Å². The number of carbonyl (C=O) groups is 3. The predicted molar refractivity (Wildman–Crippen MR) is 93.5 cm³/mol. The first-order valence-corrected chi connectivity index (χ1v) is 7.49. The molecule has 1 atom stereocenters. The van der Waals surface area contributed by atoms with Crippen molar-refractivity contribution < 1.29 is 23.9 Å². The Balaban J connectivity index is 0.00000178. The van der Waals surface area contributed by atoms with Crippen molar-refractivity contribution >= 4 is 24.7 Å². The number of nitrogens with one attached hydrogen (secondary N) is 2. The summed E-state index contributed by atoms with van der Waals surface area (Å²) in [6.45, 7) is 5.24. The molecule has 0 radical (unpaired) electrons. The topological polar surface area (TPSA) is 132 Å². The molecule has 8 nitrogen and oxygen atoms in total. The Hall–Kier alpha value is -2.90. The summed E-state index contributed by atoms with van der Waals surface area (Å²) in [7, 11) is 1.27. The Morgan fingerprint density at radius 3 is 2.20 bits per heavy atom. The number of rotatable bonds is 5. The number of methoxy groups -OCH3 is 1. The van der Waals surface area contributed by atoms with Crippen LogP contribution in [-0.4, -0.2) is 43.4 Å². The van der Waals surface area contributed by atoms with Gasteiger partial charge in [0.1, 0.15) is 11.6 Å². The molecule has 1 rings (SSSR count). The van der Waals surface area contributed by atoms with Crippen molar-refractivity contribution in [3.05, 3.63) is 35.4 Å². The number of ether oxygens (including phenoxy) is 2. The first-order valence-electron chi connectivity index (χ1n) is 7.49. The SMILES string of the molecule is COC(=O)C(Cc1ccc(C=N)cc1)NC(=O)OC(C)(C)C.NC=O. The summed E-state index contributed by atoms with van der Waals surface area (Å²) in [5.74, 6) is -0.540. The van der Waals surface area contributed by atoms with Crippen LogP contribution in [0.3, 0.4) is 0 Å². The molecular weight excluding hydrogens is 326 g/mol. The lowest BCUT2D eigenvalue weighted by atomic mass is 10.0. The summed E-state index contributed by atoms with van der Waals surface area (Å²) in [6.07, 6.45) is 1.10. The molecule has 138 valence electrons. The number of esters is 1. The summed E-state index contributed by atoms with van der Waals surface area (Å²) in [5.41, 5.74) is 5.13. The molecule has 0 bridgehead atoms. The summed E-state index contributed by atoms with van der Waals surface area (Å²) < 4.78 is 9.86. The van der Waals surface area contributed by atoms with E-state index in [1.54, 1.807) is 45.0 Å². The van der Waals surface area contributed by atoms with E-state index in [4.69, 9.17) is 19.7 Å². The third-order valence-electron chi connectivity index (χ3n) is 2.76. The van der Waals surface area contributed by atoms with Crippen LogP contribution in [0.1, 0.15) is 31.9 Å². The van der Waals surface area contributed by atoms with E-state index >= 15 is 0 Å². The van der Waals surface area contributed by atoms with Crippen molar-refractivity contribution in [2.75, 3.05) is 7.11 Å². The maximum Gasteiger partial charge on any atom is 0.408 e. The van der Waals surface area contributed by atoms with Crippen LogP contribution in [0.2, 0.25) is 0 Å². The van der Waals surface area contributed by atoms with Gasteiger partial charge >= 0.3 is 12.1 Å². The first-order chi connectivity index (χ1) is 11.7. The molecule has 0 saturated heterocycles. The van der Waals surface area contributed by atoms with Crippen LogP contribution in [0.4, 0.5) is 4.79 Å². The van der Waals surface area contributed by atoms with Gasteiger partial charge < -0.3 is 25.9 Å². The fourth-order valence-corrected chi connectivity index (χ4v) is 1.77. The highest BCUT2D eigenvalue weighted by atomic mass is 16.6. The fraction of sp³-hybridized carbons (Fsp3) is 0.412. The zero-order valence-corrected chi connectivity index (χ0v) is 14.9. The second-order valence-corrected chi connectivity index (χ2v) is 5.95. The monoisotopic (exact) mass is 351 g/mol. The van der Waals surface area contributed by atoms with Gasteiger partial charge in [-0.25, -0.2) is 9.59 Å².